The van der Waals surface area contributed by atoms with E-state index in [0.29, 0.717) is 5.56 Å². The molecule has 6 nitrogen and oxygen atoms in total. The summed E-state index contributed by atoms with van der Waals surface area (Å²) in [6.45, 7) is 4.06. The number of carbonyl (C=O) groups is 2. The molecule has 1 atom stereocenters. The average Bonchev–Trinajstić information content (AvgIpc) is 3.52. The van der Waals surface area contributed by atoms with Crippen molar-refractivity contribution in [3.8, 4) is 0 Å². The molecule has 1 aliphatic carbocycles. The molecule has 0 unspecified atom stereocenters. The Kier molecular flexibility index (Phi) is 7.27. The highest BCUT2D eigenvalue weighted by molar-refractivity contribution is 6.00. The predicted octanol–water partition coefficient (Wildman–Crippen LogP) is 5.77. The average molecular weight is 513 g/mol. The number of amides is 2. The summed E-state index contributed by atoms with van der Waals surface area (Å²) in [5.41, 5.74) is 4.63. The van der Waals surface area contributed by atoms with Crippen LogP contribution in [0.2, 0.25) is 0 Å². The molecule has 0 saturated heterocycles. The van der Waals surface area contributed by atoms with Crippen molar-refractivity contribution in [2.24, 2.45) is 7.05 Å². The maximum Gasteiger partial charge on any atom is 0.255 e. The highest BCUT2D eigenvalue weighted by Gasteiger charge is 2.34. The van der Waals surface area contributed by atoms with Crippen LogP contribution in [0, 0.1) is 19.7 Å². The molecule has 5 rings (SSSR count). The monoisotopic (exact) mass is 512 g/mol. The SMILES string of the molecule is Cc1ccc([C@@H](C(=O)NC2CCCC2)N(Cc2ccc(F)cc2)C(=O)c2ccc3c(c2)nc(C)n3C)cc1. The largest absolute Gasteiger partial charge is 0.351 e. The van der Waals surface area contributed by atoms with Crippen LogP contribution in [0.4, 0.5) is 4.39 Å². The Morgan fingerprint density at radius 3 is 2.39 bits per heavy atom. The molecule has 0 aliphatic heterocycles. The van der Waals surface area contributed by atoms with Gasteiger partial charge in [0, 0.05) is 25.2 Å². The van der Waals surface area contributed by atoms with Gasteiger partial charge in [-0.3, -0.25) is 9.59 Å². The lowest BCUT2D eigenvalue weighted by Crippen LogP contribution is -2.45. The third-order valence-electron chi connectivity index (χ3n) is 7.53. The molecule has 7 heteroatoms. The molecule has 1 fully saturated rings. The molecule has 0 bridgehead atoms. The predicted molar refractivity (Wildman–Crippen MR) is 146 cm³/mol. The molecule has 1 N–H and O–H groups in total. The number of nitrogens with zero attached hydrogens (tertiary/aromatic N) is 3. The number of rotatable bonds is 7. The van der Waals surface area contributed by atoms with Crippen molar-refractivity contribution in [2.75, 3.05) is 0 Å². The molecule has 38 heavy (non-hydrogen) atoms. The number of benzene rings is 3. The van der Waals surface area contributed by atoms with Gasteiger partial charge in [0.1, 0.15) is 17.7 Å². The van der Waals surface area contributed by atoms with Crippen LogP contribution >= 0.6 is 0 Å². The van der Waals surface area contributed by atoms with Crippen LogP contribution in [0.1, 0.15) is 64.6 Å². The first-order valence-corrected chi connectivity index (χ1v) is 13.2. The van der Waals surface area contributed by atoms with Crippen LogP contribution in [-0.2, 0) is 18.4 Å². The first kappa shape index (κ1) is 25.6. The van der Waals surface area contributed by atoms with Crippen molar-refractivity contribution in [1.82, 2.24) is 19.8 Å². The van der Waals surface area contributed by atoms with E-state index < -0.39 is 6.04 Å². The van der Waals surface area contributed by atoms with Crippen molar-refractivity contribution in [3.05, 3.63) is 101 Å². The molecular formula is C31H33FN4O2. The van der Waals surface area contributed by atoms with Crippen LogP contribution in [0.5, 0.6) is 0 Å². The van der Waals surface area contributed by atoms with E-state index in [0.717, 1.165) is 59.2 Å². The molecule has 0 radical (unpaired) electrons. The summed E-state index contributed by atoms with van der Waals surface area (Å²) in [7, 11) is 1.94. The zero-order valence-corrected chi connectivity index (χ0v) is 22.1. The number of imidazole rings is 1. The quantitative estimate of drug-likeness (QED) is 0.342. The van der Waals surface area contributed by atoms with Gasteiger partial charge >= 0.3 is 0 Å². The number of hydrogen-bond donors (Lipinski definition) is 1. The van der Waals surface area contributed by atoms with Crippen LogP contribution in [-0.4, -0.2) is 32.3 Å². The lowest BCUT2D eigenvalue weighted by Gasteiger charge is -2.32. The van der Waals surface area contributed by atoms with E-state index in [1.807, 2.05) is 55.8 Å². The fourth-order valence-corrected chi connectivity index (χ4v) is 5.26. The molecule has 0 spiro atoms. The standard InChI is InChI=1S/C31H33FN4O2/c1-20-8-12-23(13-9-20)29(30(37)34-26-6-4-5-7-26)36(19-22-10-15-25(32)16-11-22)31(38)24-14-17-28-27(18-24)33-21(2)35(28)3/h8-18,26,29H,4-7,19H2,1-3H3,(H,34,37)/t29-/m0/s1. The van der Waals surface area contributed by atoms with Crippen molar-refractivity contribution in [3.63, 3.8) is 0 Å². The molecule has 1 aromatic heterocycles. The van der Waals surface area contributed by atoms with Gasteiger partial charge in [0.2, 0.25) is 5.91 Å². The van der Waals surface area contributed by atoms with Gasteiger partial charge < -0.3 is 14.8 Å². The maximum atomic E-state index is 14.2. The number of aromatic nitrogens is 2. The minimum Gasteiger partial charge on any atom is -0.351 e. The number of fused-ring (bicyclic) bond motifs is 1. The second-order valence-electron chi connectivity index (χ2n) is 10.3. The van der Waals surface area contributed by atoms with Crippen molar-refractivity contribution >= 4 is 22.8 Å². The Labute approximate surface area is 222 Å². The van der Waals surface area contributed by atoms with E-state index in [9.17, 15) is 14.0 Å². The van der Waals surface area contributed by atoms with Crippen LogP contribution in [0.15, 0.2) is 66.7 Å². The summed E-state index contributed by atoms with van der Waals surface area (Å²) in [5.74, 6) is 0.00977. The summed E-state index contributed by atoms with van der Waals surface area (Å²) in [6.07, 6.45) is 4.05. The van der Waals surface area contributed by atoms with E-state index in [2.05, 4.69) is 10.3 Å². The van der Waals surface area contributed by atoms with Crippen LogP contribution in [0.3, 0.4) is 0 Å². The van der Waals surface area contributed by atoms with Gasteiger partial charge in [-0.1, -0.05) is 54.8 Å². The molecule has 1 aliphatic rings. The van der Waals surface area contributed by atoms with Gasteiger partial charge in [-0.15, -0.1) is 0 Å². The van der Waals surface area contributed by atoms with Crippen LogP contribution in [0.25, 0.3) is 11.0 Å². The van der Waals surface area contributed by atoms with E-state index in [4.69, 9.17) is 0 Å². The van der Waals surface area contributed by atoms with Crippen molar-refractivity contribution in [2.45, 2.75) is 58.2 Å². The lowest BCUT2D eigenvalue weighted by atomic mass is 10.00. The summed E-state index contributed by atoms with van der Waals surface area (Å²) >= 11 is 0. The fraction of sp³-hybridized carbons (Fsp3) is 0.323. The summed E-state index contributed by atoms with van der Waals surface area (Å²) in [5, 5.41) is 3.21. The third-order valence-corrected chi connectivity index (χ3v) is 7.53. The van der Waals surface area contributed by atoms with Gasteiger partial charge in [0.25, 0.3) is 5.91 Å². The zero-order valence-electron chi connectivity index (χ0n) is 22.1. The lowest BCUT2D eigenvalue weighted by molar-refractivity contribution is -0.126. The fourth-order valence-electron chi connectivity index (χ4n) is 5.26. The molecule has 3 aromatic carbocycles. The summed E-state index contributed by atoms with van der Waals surface area (Å²) in [4.78, 5) is 34.3. The minimum absolute atomic E-state index is 0.103. The Hall–Kier alpha value is -4.00. The normalized spacial score (nSPS) is 14.5. The highest BCUT2D eigenvalue weighted by Crippen LogP contribution is 2.29. The molecule has 1 saturated carbocycles. The molecule has 2 amide bonds. The number of nitrogens with one attached hydrogen (secondary N) is 1. The Bertz CT molecular complexity index is 1450. The summed E-state index contributed by atoms with van der Waals surface area (Å²) < 4.78 is 15.7. The molecular weight excluding hydrogens is 479 g/mol. The number of halogens is 1. The Morgan fingerprint density at radius 1 is 1.03 bits per heavy atom. The Balaban J connectivity index is 1.58. The first-order valence-electron chi connectivity index (χ1n) is 13.2. The minimum atomic E-state index is -0.852. The van der Waals surface area contributed by atoms with Crippen molar-refractivity contribution < 1.29 is 14.0 Å². The summed E-state index contributed by atoms with van der Waals surface area (Å²) in [6, 6.07) is 18.5. The van der Waals surface area contributed by atoms with Crippen molar-refractivity contribution in [1.29, 1.82) is 0 Å². The van der Waals surface area contributed by atoms with Gasteiger partial charge in [-0.05, 0) is 68.1 Å². The van der Waals surface area contributed by atoms with E-state index in [-0.39, 0.29) is 30.2 Å². The van der Waals surface area contributed by atoms with Crippen LogP contribution < -0.4 is 5.32 Å². The molecule has 196 valence electrons. The highest BCUT2D eigenvalue weighted by atomic mass is 19.1. The first-order chi connectivity index (χ1) is 18.3. The number of carbonyl (C=O) groups excluding carboxylic acids is 2. The van der Waals surface area contributed by atoms with Gasteiger partial charge in [-0.2, -0.15) is 0 Å². The number of aryl methyl sites for hydroxylation is 3. The topological polar surface area (TPSA) is 67.2 Å². The van der Waals surface area contributed by atoms with E-state index >= 15 is 0 Å². The van der Waals surface area contributed by atoms with Gasteiger partial charge in [-0.25, -0.2) is 9.37 Å². The zero-order chi connectivity index (χ0) is 26.8. The Morgan fingerprint density at radius 2 is 1.71 bits per heavy atom. The smallest absolute Gasteiger partial charge is 0.255 e. The second kappa shape index (κ2) is 10.8. The second-order valence-corrected chi connectivity index (χ2v) is 10.3. The van der Waals surface area contributed by atoms with Gasteiger partial charge in [0.05, 0.1) is 11.0 Å². The number of hydrogen-bond acceptors (Lipinski definition) is 3. The molecule has 1 heterocycles. The van der Waals surface area contributed by atoms with E-state index in [1.54, 1.807) is 29.2 Å². The molecule has 4 aromatic rings. The third kappa shape index (κ3) is 5.32. The maximum absolute atomic E-state index is 14.2. The van der Waals surface area contributed by atoms with Gasteiger partial charge in [0.15, 0.2) is 0 Å². The van der Waals surface area contributed by atoms with E-state index in [1.165, 1.54) is 12.1 Å².